The Morgan fingerprint density at radius 1 is 1.17 bits per heavy atom. The van der Waals surface area contributed by atoms with Crippen molar-refractivity contribution in [3.63, 3.8) is 0 Å². The van der Waals surface area contributed by atoms with Gasteiger partial charge in [-0.1, -0.05) is 26.7 Å². The summed E-state index contributed by atoms with van der Waals surface area (Å²) in [5.74, 6) is 1.85. The molecule has 0 aromatic heterocycles. The van der Waals surface area contributed by atoms with Gasteiger partial charge in [-0.3, -0.25) is 4.99 Å². The van der Waals surface area contributed by atoms with E-state index >= 15 is 0 Å². The molecule has 6 heteroatoms. The van der Waals surface area contributed by atoms with Gasteiger partial charge in [-0.05, 0) is 31.6 Å². The molecule has 5 nitrogen and oxygen atoms in total. The van der Waals surface area contributed by atoms with Crippen LogP contribution in [-0.2, 0) is 9.47 Å². The summed E-state index contributed by atoms with van der Waals surface area (Å²) < 4.78 is 11.0. The van der Waals surface area contributed by atoms with E-state index in [2.05, 4.69) is 29.1 Å². The first-order valence-corrected chi connectivity index (χ1v) is 9.23. The first-order valence-electron chi connectivity index (χ1n) is 9.23. The van der Waals surface area contributed by atoms with Crippen LogP contribution in [0, 0.1) is 5.92 Å². The second-order valence-corrected chi connectivity index (χ2v) is 6.77. The molecule has 0 saturated carbocycles. The number of hydrogen-bond acceptors (Lipinski definition) is 3. The van der Waals surface area contributed by atoms with Crippen molar-refractivity contribution < 1.29 is 9.47 Å². The van der Waals surface area contributed by atoms with Gasteiger partial charge in [0, 0.05) is 47.0 Å². The van der Waals surface area contributed by atoms with E-state index in [-0.39, 0.29) is 24.0 Å². The number of halogens is 1. The van der Waals surface area contributed by atoms with Crippen LogP contribution in [0.5, 0.6) is 0 Å². The van der Waals surface area contributed by atoms with Crippen molar-refractivity contribution in [2.24, 2.45) is 10.9 Å². The smallest absolute Gasteiger partial charge is 0.193 e. The van der Waals surface area contributed by atoms with Gasteiger partial charge in [-0.15, -0.1) is 24.0 Å². The molecule has 0 amide bonds. The summed E-state index contributed by atoms with van der Waals surface area (Å²) in [6, 6.07) is 0. The topological polar surface area (TPSA) is 46.1 Å². The zero-order valence-electron chi connectivity index (χ0n) is 16.1. The monoisotopic (exact) mass is 455 g/mol. The molecule has 0 unspecified atom stereocenters. The lowest BCUT2D eigenvalue weighted by atomic mass is 10.1. The lowest BCUT2D eigenvalue weighted by Crippen LogP contribution is -2.47. The molecule has 0 radical (unpaired) electrons. The van der Waals surface area contributed by atoms with Crippen molar-refractivity contribution in [2.75, 3.05) is 47.0 Å². The maximum Gasteiger partial charge on any atom is 0.193 e. The van der Waals surface area contributed by atoms with E-state index in [0.717, 1.165) is 64.0 Å². The number of aliphatic imine (C=N–C) groups is 1. The van der Waals surface area contributed by atoms with Crippen molar-refractivity contribution in [1.82, 2.24) is 10.2 Å². The summed E-state index contributed by atoms with van der Waals surface area (Å²) in [5, 5.41) is 3.51. The number of guanidine groups is 1. The van der Waals surface area contributed by atoms with Crippen LogP contribution in [-0.4, -0.2) is 64.0 Å². The molecule has 1 rings (SSSR count). The van der Waals surface area contributed by atoms with Crippen molar-refractivity contribution in [3.8, 4) is 0 Å². The Hall–Kier alpha value is -0.0800. The van der Waals surface area contributed by atoms with Crippen LogP contribution >= 0.6 is 24.0 Å². The normalized spacial score (nSPS) is 16.4. The van der Waals surface area contributed by atoms with Gasteiger partial charge in [0.2, 0.25) is 0 Å². The second kappa shape index (κ2) is 15.2. The van der Waals surface area contributed by atoms with Gasteiger partial charge in [0.15, 0.2) is 5.96 Å². The Balaban J connectivity index is 0.00000529. The molecule has 0 atom stereocenters. The predicted octanol–water partition coefficient (Wildman–Crippen LogP) is 3.52. The van der Waals surface area contributed by atoms with Crippen molar-refractivity contribution in [3.05, 3.63) is 0 Å². The third-order valence-corrected chi connectivity index (χ3v) is 4.29. The molecule has 0 aromatic rings. The highest BCUT2D eigenvalue weighted by atomic mass is 127. The zero-order chi connectivity index (χ0) is 16.9. The molecule has 1 aliphatic rings. The summed E-state index contributed by atoms with van der Waals surface area (Å²) in [6.07, 6.45) is 7.37. The Morgan fingerprint density at radius 2 is 1.88 bits per heavy atom. The van der Waals surface area contributed by atoms with Crippen molar-refractivity contribution in [1.29, 1.82) is 0 Å². The molecule has 0 aliphatic carbocycles. The average Bonchev–Trinajstić information content (AvgIpc) is 2.55. The van der Waals surface area contributed by atoms with E-state index in [1.807, 2.05) is 7.05 Å². The van der Waals surface area contributed by atoms with Crippen LogP contribution in [0.3, 0.4) is 0 Å². The molecule has 0 aromatic carbocycles. The molecule has 1 heterocycles. The third kappa shape index (κ3) is 10.7. The standard InChI is InChI=1S/C18H37N3O2.HI/c1-16(2)8-5-6-11-20-18(19-3)21-12-9-17(10-13-21)23-15-7-14-22-4;/h16-17H,5-15H2,1-4H3,(H,19,20);1H. The first kappa shape index (κ1) is 23.9. The molecule has 0 spiro atoms. The van der Waals surface area contributed by atoms with Crippen LogP contribution in [0.2, 0.25) is 0 Å². The van der Waals surface area contributed by atoms with Crippen LogP contribution in [0.4, 0.5) is 0 Å². The Kier molecular flexibility index (Phi) is 15.1. The third-order valence-electron chi connectivity index (χ3n) is 4.29. The van der Waals surface area contributed by atoms with Gasteiger partial charge < -0.3 is 19.7 Å². The largest absolute Gasteiger partial charge is 0.385 e. The van der Waals surface area contributed by atoms with E-state index < -0.39 is 0 Å². The van der Waals surface area contributed by atoms with Gasteiger partial charge in [0.25, 0.3) is 0 Å². The Morgan fingerprint density at radius 3 is 2.46 bits per heavy atom. The molecular formula is C18H38IN3O2. The fourth-order valence-corrected chi connectivity index (χ4v) is 2.90. The molecule has 1 saturated heterocycles. The minimum absolute atomic E-state index is 0. The summed E-state index contributed by atoms with van der Waals surface area (Å²) in [5.41, 5.74) is 0. The van der Waals surface area contributed by atoms with E-state index in [9.17, 15) is 0 Å². The number of methoxy groups -OCH3 is 1. The molecule has 24 heavy (non-hydrogen) atoms. The van der Waals surface area contributed by atoms with Crippen LogP contribution in [0.25, 0.3) is 0 Å². The van der Waals surface area contributed by atoms with E-state index in [4.69, 9.17) is 9.47 Å². The number of nitrogens with zero attached hydrogens (tertiary/aromatic N) is 2. The van der Waals surface area contributed by atoms with E-state index in [1.165, 1.54) is 19.3 Å². The summed E-state index contributed by atoms with van der Waals surface area (Å²) >= 11 is 0. The van der Waals surface area contributed by atoms with E-state index in [0.29, 0.717) is 6.10 Å². The highest BCUT2D eigenvalue weighted by molar-refractivity contribution is 14.0. The van der Waals surface area contributed by atoms with Gasteiger partial charge >= 0.3 is 0 Å². The second-order valence-electron chi connectivity index (χ2n) is 6.77. The fraction of sp³-hybridized carbons (Fsp3) is 0.944. The van der Waals surface area contributed by atoms with Gasteiger partial charge in [-0.2, -0.15) is 0 Å². The number of ether oxygens (including phenoxy) is 2. The van der Waals surface area contributed by atoms with Crippen LogP contribution in [0.15, 0.2) is 4.99 Å². The Bertz CT molecular complexity index is 319. The van der Waals surface area contributed by atoms with Crippen molar-refractivity contribution >= 4 is 29.9 Å². The maximum absolute atomic E-state index is 5.92. The molecule has 0 bridgehead atoms. The summed E-state index contributed by atoms with van der Waals surface area (Å²) in [7, 11) is 3.61. The number of likely N-dealkylation sites (tertiary alicyclic amines) is 1. The summed E-state index contributed by atoms with van der Waals surface area (Å²) in [4.78, 5) is 6.79. The van der Waals surface area contributed by atoms with Crippen LogP contribution < -0.4 is 5.32 Å². The zero-order valence-corrected chi connectivity index (χ0v) is 18.4. The van der Waals surface area contributed by atoms with E-state index in [1.54, 1.807) is 7.11 Å². The van der Waals surface area contributed by atoms with Crippen molar-refractivity contribution in [2.45, 2.75) is 58.5 Å². The fourth-order valence-electron chi connectivity index (χ4n) is 2.90. The lowest BCUT2D eigenvalue weighted by Gasteiger charge is -2.34. The van der Waals surface area contributed by atoms with Gasteiger partial charge in [-0.25, -0.2) is 0 Å². The van der Waals surface area contributed by atoms with Gasteiger partial charge in [0.1, 0.15) is 0 Å². The minimum atomic E-state index is 0. The molecule has 1 aliphatic heterocycles. The SMILES string of the molecule is CN=C(NCCCCC(C)C)N1CCC(OCCCOC)CC1.I. The first-order chi connectivity index (χ1) is 11.2. The highest BCUT2D eigenvalue weighted by Gasteiger charge is 2.21. The number of piperidine rings is 1. The minimum Gasteiger partial charge on any atom is -0.385 e. The quantitative estimate of drug-likeness (QED) is 0.237. The molecule has 1 N–H and O–H groups in total. The highest BCUT2D eigenvalue weighted by Crippen LogP contribution is 2.14. The number of hydrogen-bond donors (Lipinski definition) is 1. The summed E-state index contributed by atoms with van der Waals surface area (Å²) in [6.45, 7) is 9.24. The molecular weight excluding hydrogens is 417 g/mol. The molecule has 1 fully saturated rings. The van der Waals surface area contributed by atoms with Crippen LogP contribution in [0.1, 0.15) is 52.4 Å². The number of rotatable bonds is 10. The van der Waals surface area contributed by atoms with Gasteiger partial charge in [0.05, 0.1) is 6.10 Å². The lowest BCUT2D eigenvalue weighted by molar-refractivity contribution is 0.00991. The molecule has 144 valence electrons. The average molecular weight is 455 g/mol. The maximum atomic E-state index is 5.92. The number of unbranched alkanes of at least 4 members (excludes halogenated alkanes) is 1. The predicted molar refractivity (Wildman–Crippen MR) is 113 cm³/mol. The number of nitrogens with one attached hydrogen (secondary N) is 1. The Labute approximate surface area is 166 Å².